The summed E-state index contributed by atoms with van der Waals surface area (Å²) in [6.45, 7) is 11.2. The third-order valence-corrected chi connectivity index (χ3v) is 3.72. The maximum atomic E-state index is 11.9. The van der Waals surface area contributed by atoms with Crippen molar-refractivity contribution in [3.05, 3.63) is 0 Å². The van der Waals surface area contributed by atoms with Gasteiger partial charge in [-0.15, -0.1) is 0 Å². The van der Waals surface area contributed by atoms with Crippen molar-refractivity contribution in [3.63, 3.8) is 0 Å². The smallest absolute Gasteiger partial charge is 0.323 e. The van der Waals surface area contributed by atoms with Crippen molar-refractivity contribution < 1.29 is 9.53 Å². The molecular weight excluding hydrogens is 190 g/mol. The lowest BCUT2D eigenvalue weighted by Crippen LogP contribution is -2.41. The van der Waals surface area contributed by atoms with E-state index in [0.717, 1.165) is 6.54 Å². The first-order valence-electron chi connectivity index (χ1n) is 5.70. The number of piperidine rings is 1. The molecule has 3 atom stereocenters. The molecular formula is C12H21NO2. The van der Waals surface area contributed by atoms with Gasteiger partial charge in [0.2, 0.25) is 0 Å². The van der Waals surface area contributed by atoms with Gasteiger partial charge in [-0.1, -0.05) is 13.8 Å². The first kappa shape index (κ1) is 10.9. The van der Waals surface area contributed by atoms with Crippen LogP contribution >= 0.6 is 0 Å². The van der Waals surface area contributed by atoms with Crippen molar-refractivity contribution in [2.24, 2.45) is 17.3 Å². The summed E-state index contributed by atoms with van der Waals surface area (Å²) in [5.41, 5.74) is -0.0529. The Morgan fingerprint density at radius 1 is 1.40 bits per heavy atom. The minimum Gasteiger partial charge on any atom is -0.459 e. The molecule has 1 saturated carbocycles. The van der Waals surface area contributed by atoms with Gasteiger partial charge in [-0.3, -0.25) is 4.79 Å². The second-order valence-corrected chi connectivity index (χ2v) is 6.37. The average Bonchev–Trinajstić information content (AvgIpc) is 2.42. The van der Waals surface area contributed by atoms with Crippen LogP contribution in [0.4, 0.5) is 0 Å². The molecule has 1 aliphatic carbocycles. The SMILES string of the molecule is CC(C)(C)OC(=O)[C@H]1NC[C@H]2[C@@H]1C2(C)C. The number of carbonyl (C=O) groups is 1. The van der Waals surface area contributed by atoms with E-state index in [1.165, 1.54) is 0 Å². The lowest BCUT2D eigenvalue weighted by Gasteiger charge is -2.24. The Balaban J connectivity index is 1.99. The fraction of sp³-hybridized carbons (Fsp3) is 0.917. The zero-order valence-electron chi connectivity index (χ0n) is 10.3. The van der Waals surface area contributed by atoms with Gasteiger partial charge >= 0.3 is 5.97 Å². The highest BCUT2D eigenvalue weighted by molar-refractivity contribution is 5.78. The molecule has 1 saturated heterocycles. The molecule has 0 bridgehead atoms. The second-order valence-electron chi connectivity index (χ2n) is 6.37. The summed E-state index contributed by atoms with van der Waals surface area (Å²) in [6.07, 6.45) is 0. The van der Waals surface area contributed by atoms with Crippen LogP contribution in [0, 0.1) is 17.3 Å². The Hall–Kier alpha value is -0.570. The number of hydrogen-bond acceptors (Lipinski definition) is 3. The predicted octanol–water partition coefficient (Wildman–Crippen LogP) is 1.57. The molecule has 3 heteroatoms. The Morgan fingerprint density at radius 3 is 2.40 bits per heavy atom. The summed E-state index contributed by atoms with van der Waals surface area (Å²) in [7, 11) is 0. The second kappa shape index (κ2) is 2.97. The molecule has 1 aliphatic heterocycles. The first-order valence-corrected chi connectivity index (χ1v) is 5.70. The quantitative estimate of drug-likeness (QED) is 0.669. The molecule has 0 aromatic heterocycles. The summed E-state index contributed by atoms with van der Waals surface area (Å²) in [5.74, 6) is 1.06. The molecule has 0 unspecified atom stereocenters. The number of ether oxygens (including phenoxy) is 1. The van der Waals surface area contributed by atoms with Crippen LogP contribution in [0.1, 0.15) is 34.6 Å². The summed E-state index contributed by atoms with van der Waals surface area (Å²) in [4.78, 5) is 11.9. The van der Waals surface area contributed by atoms with Crippen molar-refractivity contribution in [2.75, 3.05) is 6.54 Å². The molecule has 15 heavy (non-hydrogen) atoms. The van der Waals surface area contributed by atoms with Crippen LogP contribution in [0.15, 0.2) is 0 Å². The van der Waals surface area contributed by atoms with Crippen molar-refractivity contribution in [1.82, 2.24) is 5.32 Å². The highest BCUT2D eigenvalue weighted by atomic mass is 16.6. The van der Waals surface area contributed by atoms with E-state index in [-0.39, 0.29) is 17.6 Å². The fourth-order valence-corrected chi connectivity index (χ4v) is 2.81. The van der Waals surface area contributed by atoms with E-state index in [2.05, 4.69) is 19.2 Å². The van der Waals surface area contributed by atoms with Crippen LogP contribution in [0.25, 0.3) is 0 Å². The minimum atomic E-state index is -0.379. The van der Waals surface area contributed by atoms with Gasteiger partial charge in [0.1, 0.15) is 11.6 Å². The van der Waals surface area contributed by atoms with Gasteiger partial charge in [-0.25, -0.2) is 0 Å². The van der Waals surface area contributed by atoms with Gasteiger partial charge in [0.05, 0.1) is 0 Å². The van der Waals surface area contributed by atoms with Crippen LogP contribution < -0.4 is 5.32 Å². The monoisotopic (exact) mass is 211 g/mol. The zero-order chi connectivity index (χ0) is 11.4. The minimum absolute atomic E-state index is 0.0794. The van der Waals surface area contributed by atoms with Crippen molar-refractivity contribution in [1.29, 1.82) is 0 Å². The van der Waals surface area contributed by atoms with Crippen molar-refractivity contribution >= 4 is 5.97 Å². The van der Waals surface area contributed by atoms with Crippen LogP contribution in [0.2, 0.25) is 0 Å². The topological polar surface area (TPSA) is 38.3 Å². The Kier molecular flexibility index (Phi) is 2.16. The molecule has 0 aromatic rings. The number of rotatable bonds is 1. The van der Waals surface area contributed by atoms with E-state index in [0.29, 0.717) is 17.3 Å². The van der Waals surface area contributed by atoms with E-state index < -0.39 is 0 Å². The summed E-state index contributed by atoms with van der Waals surface area (Å²) < 4.78 is 5.41. The van der Waals surface area contributed by atoms with Crippen LogP contribution in [-0.4, -0.2) is 24.2 Å². The van der Waals surface area contributed by atoms with Crippen LogP contribution in [-0.2, 0) is 9.53 Å². The van der Waals surface area contributed by atoms with Gasteiger partial charge in [-0.05, 0) is 44.6 Å². The summed E-state index contributed by atoms with van der Waals surface area (Å²) >= 11 is 0. The maximum absolute atomic E-state index is 11.9. The van der Waals surface area contributed by atoms with Crippen LogP contribution in [0.3, 0.4) is 0 Å². The molecule has 0 spiro atoms. The van der Waals surface area contributed by atoms with Gasteiger partial charge in [-0.2, -0.15) is 0 Å². The maximum Gasteiger partial charge on any atom is 0.323 e. The van der Waals surface area contributed by atoms with Gasteiger partial charge in [0.15, 0.2) is 0 Å². The van der Waals surface area contributed by atoms with E-state index >= 15 is 0 Å². The third-order valence-electron chi connectivity index (χ3n) is 3.72. The number of nitrogens with one attached hydrogen (secondary N) is 1. The lowest BCUT2D eigenvalue weighted by atomic mass is 10.0. The number of carbonyl (C=O) groups excluding carboxylic acids is 1. The first-order chi connectivity index (χ1) is 6.73. The van der Waals surface area contributed by atoms with Crippen molar-refractivity contribution in [2.45, 2.75) is 46.3 Å². The van der Waals surface area contributed by atoms with Gasteiger partial charge in [0, 0.05) is 0 Å². The molecule has 0 amide bonds. The molecule has 86 valence electrons. The summed E-state index contributed by atoms with van der Waals surface area (Å²) in [5, 5.41) is 3.26. The number of hydrogen-bond donors (Lipinski definition) is 1. The molecule has 3 nitrogen and oxygen atoms in total. The largest absolute Gasteiger partial charge is 0.459 e. The Bertz CT molecular complexity index is 290. The fourth-order valence-electron chi connectivity index (χ4n) is 2.81. The van der Waals surface area contributed by atoms with Gasteiger partial charge in [0.25, 0.3) is 0 Å². The van der Waals surface area contributed by atoms with Crippen LogP contribution in [0.5, 0.6) is 0 Å². The van der Waals surface area contributed by atoms with Gasteiger partial charge < -0.3 is 10.1 Å². The normalized spacial score (nSPS) is 37.3. The Morgan fingerprint density at radius 2 is 2.00 bits per heavy atom. The molecule has 0 radical (unpaired) electrons. The predicted molar refractivity (Wildman–Crippen MR) is 58.4 cm³/mol. The van der Waals surface area contributed by atoms with E-state index in [1.54, 1.807) is 0 Å². The lowest BCUT2D eigenvalue weighted by molar-refractivity contribution is -0.158. The van der Waals surface area contributed by atoms with E-state index in [1.807, 2.05) is 20.8 Å². The Labute approximate surface area is 91.6 Å². The molecule has 1 N–H and O–H groups in total. The number of esters is 1. The van der Waals surface area contributed by atoms with E-state index in [9.17, 15) is 4.79 Å². The highest BCUT2D eigenvalue weighted by Crippen LogP contribution is 2.62. The molecule has 2 fully saturated rings. The highest BCUT2D eigenvalue weighted by Gasteiger charge is 2.66. The molecule has 2 rings (SSSR count). The third kappa shape index (κ3) is 1.78. The molecule has 2 aliphatic rings. The average molecular weight is 211 g/mol. The standard InChI is InChI=1S/C12H21NO2/c1-11(2,3)15-10(14)9-8-7(6-13-9)12(8,4)5/h7-9,13H,6H2,1-5H3/t7-,8-,9-/m0/s1. The number of fused-ring (bicyclic) bond motifs is 1. The van der Waals surface area contributed by atoms with Crippen molar-refractivity contribution in [3.8, 4) is 0 Å². The van der Waals surface area contributed by atoms with E-state index in [4.69, 9.17) is 4.74 Å². The molecule has 0 aromatic carbocycles. The zero-order valence-corrected chi connectivity index (χ0v) is 10.3. The molecule has 1 heterocycles. The summed E-state index contributed by atoms with van der Waals surface area (Å²) in [6, 6.07) is -0.0794.